The van der Waals surface area contributed by atoms with Gasteiger partial charge < -0.3 is 10.5 Å². The Morgan fingerprint density at radius 2 is 1.89 bits per heavy atom. The highest BCUT2D eigenvalue weighted by Crippen LogP contribution is 2.24. The van der Waals surface area contributed by atoms with E-state index in [1.807, 2.05) is 6.07 Å². The van der Waals surface area contributed by atoms with Crippen LogP contribution in [0.2, 0.25) is 5.02 Å². The summed E-state index contributed by atoms with van der Waals surface area (Å²) in [5.74, 6) is 0.731. The zero-order valence-corrected chi connectivity index (χ0v) is 11.5. The van der Waals surface area contributed by atoms with Gasteiger partial charge in [0.1, 0.15) is 12.4 Å². The van der Waals surface area contributed by atoms with Gasteiger partial charge in [-0.05, 0) is 44.1 Å². The zero-order valence-electron chi connectivity index (χ0n) is 10.7. The van der Waals surface area contributed by atoms with Crippen LogP contribution in [0.3, 0.4) is 0 Å². The largest absolute Gasteiger partial charge is 0.490 e. The van der Waals surface area contributed by atoms with E-state index in [1.54, 1.807) is 12.1 Å². The maximum atomic E-state index is 5.85. The molecular formula is C14H21ClN2O. The first kappa shape index (κ1) is 13.5. The Morgan fingerprint density at radius 3 is 2.56 bits per heavy atom. The maximum Gasteiger partial charge on any atom is 0.142 e. The van der Waals surface area contributed by atoms with Gasteiger partial charge in [0.2, 0.25) is 0 Å². The van der Waals surface area contributed by atoms with Crippen molar-refractivity contribution in [2.45, 2.75) is 25.7 Å². The summed E-state index contributed by atoms with van der Waals surface area (Å²) in [6, 6.07) is 5.36. The molecule has 1 saturated heterocycles. The van der Waals surface area contributed by atoms with Gasteiger partial charge in [-0.1, -0.05) is 24.4 Å². The Balaban J connectivity index is 1.77. The minimum Gasteiger partial charge on any atom is -0.490 e. The fourth-order valence-electron chi connectivity index (χ4n) is 2.30. The molecule has 1 heterocycles. The minimum absolute atomic E-state index is 0.610. The van der Waals surface area contributed by atoms with Crippen molar-refractivity contribution in [2.24, 2.45) is 0 Å². The van der Waals surface area contributed by atoms with E-state index in [0.717, 1.165) is 12.3 Å². The molecule has 1 aliphatic heterocycles. The molecule has 0 aromatic heterocycles. The van der Waals surface area contributed by atoms with Crippen molar-refractivity contribution in [2.75, 3.05) is 32.0 Å². The number of nitrogen functional groups attached to an aromatic ring is 1. The van der Waals surface area contributed by atoms with E-state index in [4.69, 9.17) is 22.1 Å². The Bertz CT molecular complexity index is 376. The predicted octanol–water partition coefficient (Wildman–Crippen LogP) is 3.18. The number of nitrogens with two attached hydrogens (primary N) is 1. The second-order valence-corrected chi connectivity index (χ2v) is 5.22. The quantitative estimate of drug-likeness (QED) is 0.853. The molecule has 2 N–H and O–H groups in total. The molecule has 1 aromatic carbocycles. The smallest absolute Gasteiger partial charge is 0.142 e. The minimum atomic E-state index is 0.610. The average molecular weight is 269 g/mol. The van der Waals surface area contributed by atoms with Gasteiger partial charge in [0.15, 0.2) is 0 Å². The molecule has 100 valence electrons. The fraction of sp³-hybridized carbons (Fsp3) is 0.571. The highest BCUT2D eigenvalue weighted by molar-refractivity contribution is 6.30. The molecule has 1 aliphatic rings. The molecule has 18 heavy (non-hydrogen) atoms. The third-order valence-electron chi connectivity index (χ3n) is 3.34. The Morgan fingerprint density at radius 1 is 1.17 bits per heavy atom. The predicted molar refractivity (Wildman–Crippen MR) is 76.3 cm³/mol. The number of hydrogen-bond donors (Lipinski definition) is 1. The molecule has 0 amide bonds. The van der Waals surface area contributed by atoms with Crippen molar-refractivity contribution in [3.63, 3.8) is 0 Å². The molecule has 0 radical (unpaired) electrons. The third-order valence-corrected chi connectivity index (χ3v) is 3.57. The number of rotatable bonds is 4. The van der Waals surface area contributed by atoms with E-state index in [9.17, 15) is 0 Å². The van der Waals surface area contributed by atoms with E-state index in [0.29, 0.717) is 17.3 Å². The summed E-state index contributed by atoms with van der Waals surface area (Å²) in [4.78, 5) is 2.47. The molecule has 4 heteroatoms. The van der Waals surface area contributed by atoms with E-state index in [-0.39, 0.29) is 0 Å². The van der Waals surface area contributed by atoms with Crippen molar-refractivity contribution >= 4 is 17.3 Å². The summed E-state index contributed by atoms with van der Waals surface area (Å²) in [6.45, 7) is 4.05. The van der Waals surface area contributed by atoms with Crippen LogP contribution in [0.5, 0.6) is 5.75 Å². The Hall–Kier alpha value is -0.930. The van der Waals surface area contributed by atoms with E-state index < -0.39 is 0 Å². The Labute approximate surface area is 114 Å². The molecule has 1 fully saturated rings. The maximum absolute atomic E-state index is 5.85. The molecule has 3 nitrogen and oxygen atoms in total. The van der Waals surface area contributed by atoms with Crippen LogP contribution in [0.25, 0.3) is 0 Å². The van der Waals surface area contributed by atoms with Crippen molar-refractivity contribution < 1.29 is 4.74 Å². The lowest BCUT2D eigenvalue weighted by Crippen LogP contribution is -2.29. The second kappa shape index (κ2) is 6.86. The lowest BCUT2D eigenvalue weighted by Gasteiger charge is -2.20. The van der Waals surface area contributed by atoms with Gasteiger partial charge in [0.25, 0.3) is 0 Å². The number of hydrogen-bond acceptors (Lipinski definition) is 3. The standard InChI is InChI=1S/C14H21ClN2O/c15-12-5-6-14(13(16)11-12)18-10-9-17-7-3-1-2-4-8-17/h5-6,11H,1-4,7-10,16H2. The van der Waals surface area contributed by atoms with Crippen molar-refractivity contribution in [3.05, 3.63) is 23.2 Å². The van der Waals surface area contributed by atoms with Crippen LogP contribution in [-0.4, -0.2) is 31.1 Å². The van der Waals surface area contributed by atoms with Gasteiger partial charge in [-0.15, -0.1) is 0 Å². The average Bonchev–Trinajstić information content (AvgIpc) is 2.60. The zero-order chi connectivity index (χ0) is 12.8. The topological polar surface area (TPSA) is 38.5 Å². The summed E-state index contributed by atoms with van der Waals surface area (Å²) in [6.07, 6.45) is 5.34. The van der Waals surface area contributed by atoms with Crippen molar-refractivity contribution in [1.29, 1.82) is 0 Å². The van der Waals surface area contributed by atoms with Crippen LogP contribution in [0, 0.1) is 0 Å². The van der Waals surface area contributed by atoms with E-state index in [2.05, 4.69) is 4.90 Å². The first-order chi connectivity index (χ1) is 8.75. The van der Waals surface area contributed by atoms with Gasteiger partial charge >= 0.3 is 0 Å². The summed E-state index contributed by atoms with van der Waals surface area (Å²) in [5, 5.41) is 0.646. The van der Waals surface area contributed by atoms with Crippen LogP contribution in [-0.2, 0) is 0 Å². The molecule has 0 bridgehead atoms. The van der Waals surface area contributed by atoms with Crippen molar-refractivity contribution in [3.8, 4) is 5.75 Å². The molecule has 0 saturated carbocycles. The highest BCUT2D eigenvalue weighted by atomic mass is 35.5. The number of halogens is 1. The molecule has 0 aliphatic carbocycles. The molecule has 1 aromatic rings. The summed E-state index contributed by atoms with van der Waals surface area (Å²) in [5.41, 5.74) is 6.45. The normalized spacial score (nSPS) is 17.4. The fourth-order valence-corrected chi connectivity index (χ4v) is 2.48. The molecule has 0 spiro atoms. The summed E-state index contributed by atoms with van der Waals surface area (Å²) in [7, 11) is 0. The first-order valence-electron chi connectivity index (χ1n) is 6.66. The SMILES string of the molecule is Nc1cc(Cl)ccc1OCCN1CCCCCC1. The highest BCUT2D eigenvalue weighted by Gasteiger charge is 2.09. The number of likely N-dealkylation sites (tertiary alicyclic amines) is 1. The number of benzene rings is 1. The molecular weight excluding hydrogens is 248 g/mol. The lowest BCUT2D eigenvalue weighted by atomic mass is 10.2. The summed E-state index contributed by atoms with van der Waals surface area (Å²) >= 11 is 5.85. The van der Waals surface area contributed by atoms with Gasteiger partial charge in [0.05, 0.1) is 5.69 Å². The first-order valence-corrected chi connectivity index (χ1v) is 7.04. The lowest BCUT2D eigenvalue weighted by molar-refractivity contribution is 0.214. The van der Waals surface area contributed by atoms with Crippen LogP contribution in [0.4, 0.5) is 5.69 Å². The van der Waals surface area contributed by atoms with Crippen LogP contribution < -0.4 is 10.5 Å². The van der Waals surface area contributed by atoms with Gasteiger partial charge in [-0.3, -0.25) is 4.90 Å². The van der Waals surface area contributed by atoms with Crippen molar-refractivity contribution in [1.82, 2.24) is 4.90 Å². The van der Waals surface area contributed by atoms with Gasteiger partial charge in [-0.25, -0.2) is 0 Å². The van der Waals surface area contributed by atoms with Crippen LogP contribution in [0.15, 0.2) is 18.2 Å². The number of nitrogens with zero attached hydrogens (tertiary/aromatic N) is 1. The van der Waals surface area contributed by atoms with Crippen LogP contribution >= 0.6 is 11.6 Å². The third kappa shape index (κ3) is 4.07. The second-order valence-electron chi connectivity index (χ2n) is 4.79. The number of anilines is 1. The van der Waals surface area contributed by atoms with E-state index in [1.165, 1.54) is 38.8 Å². The van der Waals surface area contributed by atoms with Crippen LogP contribution in [0.1, 0.15) is 25.7 Å². The van der Waals surface area contributed by atoms with Gasteiger partial charge in [0, 0.05) is 11.6 Å². The molecule has 0 unspecified atom stereocenters. The molecule has 0 atom stereocenters. The summed E-state index contributed by atoms with van der Waals surface area (Å²) < 4.78 is 5.71. The number of ether oxygens (including phenoxy) is 1. The Kier molecular flexibility index (Phi) is 5.14. The monoisotopic (exact) mass is 268 g/mol. The van der Waals surface area contributed by atoms with Gasteiger partial charge in [-0.2, -0.15) is 0 Å². The molecule has 2 rings (SSSR count). The van der Waals surface area contributed by atoms with E-state index >= 15 is 0 Å².